The van der Waals surface area contributed by atoms with E-state index in [9.17, 15) is 4.79 Å². The lowest BCUT2D eigenvalue weighted by Gasteiger charge is -2.20. The molecule has 0 saturated carbocycles. The molecule has 2 nitrogen and oxygen atoms in total. The van der Waals surface area contributed by atoms with Crippen LogP contribution in [0.5, 0.6) is 0 Å². The first kappa shape index (κ1) is 9.30. The quantitative estimate of drug-likeness (QED) is 0.540. The fourth-order valence-electron chi connectivity index (χ4n) is 1.75. The van der Waals surface area contributed by atoms with Crippen LogP contribution >= 0.6 is 0 Å². The van der Waals surface area contributed by atoms with E-state index < -0.39 is 0 Å². The molecule has 1 saturated heterocycles. The maximum absolute atomic E-state index is 11.4. The van der Waals surface area contributed by atoms with Crippen LogP contribution < -0.4 is 0 Å². The highest BCUT2D eigenvalue weighted by atomic mass is 16.2. The van der Waals surface area contributed by atoms with E-state index in [1.54, 1.807) is 4.90 Å². The number of carbonyl (C=O) groups excluding carboxylic acids is 1. The van der Waals surface area contributed by atoms with Crippen LogP contribution in [0.2, 0.25) is 0 Å². The Labute approximate surface area is 74.2 Å². The van der Waals surface area contributed by atoms with Crippen LogP contribution in [0.15, 0.2) is 12.3 Å². The Balaban J connectivity index is 2.80. The summed E-state index contributed by atoms with van der Waals surface area (Å²) in [6, 6.07) is 0. The van der Waals surface area contributed by atoms with Crippen molar-refractivity contribution in [1.29, 1.82) is 0 Å². The molecule has 68 valence electrons. The van der Waals surface area contributed by atoms with Crippen molar-refractivity contribution in [3.8, 4) is 0 Å². The number of nitrogens with zero attached hydrogens (tertiary/aromatic N) is 1. The van der Waals surface area contributed by atoms with E-state index in [4.69, 9.17) is 0 Å². The number of hydrogen-bond acceptors (Lipinski definition) is 1. The highest BCUT2D eigenvalue weighted by Gasteiger charge is 2.25. The first-order valence-electron chi connectivity index (χ1n) is 4.47. The summed E-state index contributed by atoms with van der Waals surface area (Å²) in [7, 11) is 1.82. The van der Waals surface area contributed by atoms with Gasteiger partial charge in [0.2, 0.25) is 5.91 Å². The highest BCUT2D eigenvalue weighted by Crippen LogP contribution is 2.27. The van der Waals surface area contributed by atoms with Crippen LogP contribution in [0, 0.1) is 11.8 Å². The van der Waals surface area contributed by atoms with Gasteiger partial charge < -0.3 is 4.90 Å². The normalized spacial score (nSPS) is 32.1. The van der Waals surface area contributed by atoms with Gasteiger partial charge in [-0.15, -0.1) is 0 Å². The summed E-state index contributed by atoms with van der Waals surface area (Å²) in [6.07, 6.45) is 1.74. The van der Waals surface area contributed by atoms with Gasteiger partial charge in [0.05, 0.1) is 0 Å². The average molecular weight is 167 g/mol. The largest absolute Gasteiger partial charge is 0.320 e. The van der Waals surface area contributed by atoms with Gasteiger partial charge in [-0.1, -0.05) is 20.4 Å². The van der Waals surface area contributed by atoms with Gasteiger partial charge in [0.1, 0.15) is 0 Å². The van der Waals surface area contributed by atoms with E-state index in [1.165, 1.54) is 0 Å². The fraction of sp³-hybridized carbons (Fsp3) is 0.700. The van der Waals surface area contributed by atoms with Crippen LogP contribution in [-0.4, -0.2) is 17.9 Å². The summed E-state index contributed by atoms with van der Waals surface area (Å²) in [5.74, 6) is 1.14. The van der Waals surface area contributed by atoms with Crippen LogP contribution in [-0.2, 0) is 4.79 Å². The summed E-state index contributed by atoms with van der Waals surface area (Å²) in [4.78, 5) is 13.1. The molecule has 1 fully saturated rings. The Bertz CT molecular complexity index is 210. The van der Waals surface area contributed by atoms with Crippen LogP contribution in [0.4, 0.5) is 0 Å². The van der Waals surface area contributed by atoms with Crippen LogP contribution in [0.1, 0.15) is 26.7 Å². The third-order valence-corrected chi connectivity index (χ3v) is 2.65. The van der Waals surface area contributed by atoms with Crippen molar-refractivity contribution in [3.63, 3.8) is 0 Å². The lowest BCUT2D eigenvalue weighted by molar-refractivity contribution is -0.128. The monoisotopic (exact) mass is 167 g/mol. The summed E-state index contributed by atoms with van der Waals surface area (Å²) in [5, 5.41) is 0. The molecule has 0 aromatic carbocycles. The molecule has 2 atom stereocenters. The number of hydrogen-bond donors (Lipinski definition) is 0. The van der Waals surface area contributed by atoms with E-state index in [2.05, 4.69) is 20.4 Å². The second-order valence-corrected chi connectivity index (χ2v) is 3.89. The molecule has 0 radical (unpaired) electrons. The zero-order chi connectivity index (χ0) is 9.30. The number of amides is 1. The van der Waals surface area contributed by atoms with Crippen LogP contribution in [0.25, 0.3) is 0 Å². The Morgan fingerprint density at radius 3 is 2.67 bits per heavy atom. The number of rotatable bonds is 0. The summed E-state index contributed by atoms with van der Waals surface area (Å²) in [6.45, 7) is 8.18. The highest BCUT2D eigenvalue weighted by molar-refractivity contribution is 5.78. The third kappa shape index (κ3) is 1.68. The standard InChI is InChI=1S/C10H17NO/c1-7-5-8(2)9(3)11(4)10(12)6-7/h7-8H,3,5-6H2,1-2,4H3. The summed E-state index contributed by atoms with van der Waals surface area (Å²) in [5.41, 5.74) is 0.962. The third-order valence-electron chi connectivity index (χ3n) is 2.65. The molecule has 0 aromatic heterocycles. The lowest BCUT2D eigenvalue weighted by atomic mass is 9.95. The zero-order valence-corrected chi connectivity index (χ0v) is 8.13. The molecule has 0 spiro atoms. The minimum atomic E-state index is 0.205. The summed E-state index contributed by atoms with van der Waals surface area (Å²) < 4.78 is 0. The van der Waals surface area contributed by atoms with Crippen molar-refractivity contribution in [2.75, 3.05) is 7.05 Å². The van der Waals surface area contributed by atoms with E-state index in [1.807, 2.05) is 7.05 Å². The molecule has 0 aromatic rings. The first-order valence-corrected chi connectivity index (χ1v) is 4.47. The van der Waals surface area contributed by atoms with Crippen molar-refractivity contribution in [3.05, 3.63) is 12.3 Å². The Morgan fingerprint density at radius 2 is 2.08 bits per heavy atom. The number of likely N-dealkylation sites (tertiary alicyclic amines) is 1. The molecule has 1 aliphatic rings. The van der Waals surface area contributed by atoms with Gasteiger partial charge in [-0.05, 0) is 18.3 Å². The van der Waals surface area contributed by atoms with Crippen molar-refractivity contribution >= 4 is 5.91 Å². The van der Waals surface area contributed by atoms with Crippen molar-refractivity contribution in [2.45, 2.75) is 26.7 Å². The second-order valence-electron chi connectivity index (χ2n) is 3.89. The fourth-order valence-corrected chi connectivity index (χ4v) is 1.75. The van der Waals surface area contributed by atoms with E-state index in [0.717, 1.165) is 12.1 Å². The lowest BCUT2D eigenvalue weighted by Crippen LogP contribution is -2.25. The van der Waals surface area contributed by atoms with Crippen molar-refractivity contribution in [2.24, 2.45) is 11.8 Å². The van der Waals surface area contributed by atoms with E-state index in [-0.39, 0.29) is 5.91 Å². The van der Waals surface area contributed by atoms with Gasteiger partial charge in [0.25, 0.3) is 0 Å². The van der Waals surface area contributed by atoms with Gasteiger partial charge in [-0.25, -0.2) is 0 Å². The van der Waals surface area contributed by atoms with E-state index in [0.29, 0.717) is 18.3 Å². The molecular weight excluding hydrogens is 150 g/mol. The summed E-state index contributed by atoms with van der Waals surface area (Å²) >= 11 is 0. The predicted octanol–water partition coefficient (Wildman–Crippen LogP) is 2.02. The minimum Gasteiger partial charge on any atom is -0.320 e. The van der Waals surface area contributed by atoms with E-state index >= 15 is 0 Å². The minimum absolute atomic E-state index is 0.205. The molecule has 0 aliphatic carbocycles. The molecule has 0 N–H and O–H groups in total. The molecule has 2 unspecified atom stereocenters. The predicted molar refractivity (Wildman–Crippen MR) is 49.5 cm³/mol. The van der Waals surface area contributed by atoms with Gasteiger partial charge >= 0.3 is 0 Å². The molecule has 0 bridgehead atoms. The SMILES string of the molecule is C=C1C(C)CC(C)CC(=O)N1C. The molecule has 12 heavy (non-hydrogen) atoms. The maximum Gasteiger partial charge on any atom is 0.226 e. The van der Waals surface area contributed by atoms with Gasteiger partial charge in [-0.3, -0.25) is 4.79 Å². The molecule has 1 aliphatic heterocycles. The van der Waals surface area contributed by atoms with Crippen LogP contribution in [0.3, 0.4) is 0 Å². The number of allylic oxidation sites excluding steroid dienone is 1. The molecule has 1 amide bonds. The van der Waals surface area contributed by atoms with Gasteiger partial charge in [0.15, 0.2) is 0 Å². The zero-order valence-electron chi connectivity index (χ0n) is 8.13. The Morgan fingerprint density at radius 1 is 1.50 bits per heavy atom. The Hall–Kier alpha value is -0.790. The molecule has 1 rings (SSSR count). The Kier molecular flexibility index (Phi) is 2.55. The van der Waals surface area contributed by atoms with Crippen molar-refractivity contribution < 1.29 is 4.79 Å². The number of carbonyl (C=O) groups is 1. The smallest absolute Gasteiger partial charge is 0.226 e. The average Bonchev–Trinajstić information content (AvgIpc) is 2.05. The molecule has 2 heteroatoms. The maximum atomic E-state index is 11.4. The molecule has 1 heterocycles. The van der Waals surface area contributed by atoms with Gasteiger partial charge in [0, 0.05) is 19.2 Å². The van der Waals surface area contributed by atoms with Gasteiger partial charge in [-0.2, -0.15) is 0 Å². The first-order chi connectivity index (χ1) is 5.52. The topological polar surface area (TPSA) is 20.3 Å². The second kappa shape index (κ2) is 3.30. The van der Waals surface area contributed by atoms with Crippen molar-refractivity contribution in [1.82, 2.24) is 4.90 Å². The molecular formula is C10H17NO.